The van der Waals surface area contributed by atoms with E-state index < -0.39 is 18.6 Å². The molecule has 0 saturated heterocycles. The van der Waals surface area contributed by atoms with Gasteiger partial charge in [0, 0.05) is 7.05 Å². The molecule has 0 aliphatic rings. The van der Waals surface area contributed by atoms with Crippen molar-refractivity contribution < 1.29 is 18.0 Å². The largest absolute Gasteiger partial charge is 0.405 e. The van der Waals surface area contributed by atoms with Gasteiger partial charge in [0.05, 0.1) is 11.4 Å². The van der Waals surface area contributed by atoms with Gasteiger partial charge in [0.15, 0.2) is 0 Å². The molecular weight excluding hydrogens is 225 g/mol. The van der Waals surface area contributed by atoms with Crippen molar-refractivity contribution in [2.75, 3.05) is 12.3 Å². The van der Waals surface area contributed by atoms with Crippen molar-refractivity contribution in [1.29, 1.82) is 0 Å². The molecule has 8 heteroatoms. The highest BCUT2D eigenvalue weighted by molar-refractivity contribution is 5.97. The van der Waals surface area contributed by atoms with E-state index in [1.54, 1.807) is 12.2 Å². The van der Waals surface area contributed by atoms with Gasteiger partial charge < -0.3 is 11.1 Å². The minimum Gasteiger partial charge on any atom is -0.395 e. The molecule has 0 aliphatic carbocycles. The Balaban J connectivity index is 2.81. The summed E-state index contributed by atoms with van der Waals surface area (Å²) in [5.41, 5.74) is 5.94. The van der Waals surface area contributed by atoms with Crippen LogP contribution in [0.5, 0.6) is 0 Å². The highest BCUT2D eigenvalue weighted by Gasteiger charge is 2.29. The maximum Gasteiger partial charge on any atom is 0.405 e. The average molecular weight is 236 g/mol. The van der Waals surface area contributed by atoms with Gasteiger partial charge in [0.25, 0.3) is 5.91 Å². The molecule has 90 valence electrons. The quantitative estimate of drug-likeness (QED) is 0.789. The predicted octanol–water partition coefficient (Wildman–Crippen LogP) is 0.603. The number of rotatable bonds is 2. The van der Waals surface area contributed by atoms with E-state index in [-0.39, 0.29) is 11.4 Å². The van der Waals surface area contributed by atoms with Crippen LogP contribution in [0.3, 0.4) is 0 Å². The van der Waals surface area contributed by atoms with Gasteiger partial charge in [-0.05, 0) is 6.92 Å². The number of carbonyl (C=O) groups excluding carboxylic acids is 1. The normalized spacial score (nSPS) is 11.6. The summed E-state index contributed by atoms with van der Waals surface area (Å²) in [5, 5.41) is 5.55. The molecule has 1 rings (SSSR count). The second kappa shape index (κ2) is 4.03. The molecule has 1 heterocycles. The first-order valence-corrected chi connectivity index (χ1v) is 4.36. The third kappa shape index (κ3) is 2.65. The summed E-state index contributed by atoms with van der Waals surface area (Å²) in [7, 11) is 1.44. The molecular formula is C8H11F3N4O. The van der Waals surface area contributed by atoms with Crippen LogP contribution in [-0.4, -0.2) is 28.4 Å². The lowest BCUT2D eigenvalue weighted by atomic mass is 10.3. The van der Waals surface area contributed by atoms with Crippen LogP contribution in [-0.2, 0) is 7.05 Å². The molecule has 0 fully saturated rings. The molecule has 0 atom stereocenters. The molecule has 0 radical (unpaired) electrons. The minimum atomic E-state index is -4.45. The molecule has 0 aromatic carbocycles. The smallest absolute Gasteiger partial charge is 0.395 e. The monoisotopic (exact) mass is 236 g/mol. The number of amides is 1. The highest BCUT2D eigenvalue weighted by Crippen LogP contribution is 2.16. The molecule has 0 bridgehead atoms. The van der Waals surface area contributed by atoms with E-state index >= 15 is 0 Å². The van der Waals surface area contributed by atoms with E-state index in [2.05, 4.69) is 5.10 Å². The van der Waals surface area contributed by atoms with Crippen molar-refractivity contribution in [3.05, 3.63) is 11.4 Å². The van der Waals surface area contributed by atoms with Gasteiger partial charge in [0.2, 0.25) is 0 Å². The van der Waals surface area contributed by atoms with Gasteiger partial charge in [-0.1, -0.05) is 0 Å². The lowest BCUT2D eigenvalue weighted by Gasteiger charge is -2.08. The number of halogens is 3. The zero-order chi connectivity index (χ0) is 12.5. The summed E-state index contributed by atoms with van der Waals surface area (Å²) in [4.78, 5) is 11.4. The zero-order valence-electron chi connectivity index (χ0n) is 8.72. The van der Waals surface area contributed by atoms with Gasteiger partial charge in [-0.3, -0.25) is 9.48 Å². The van der Waals surface area contributed by atoms with E-state index in [0.717, 1.165) is 4.68 Å². The number of hydrogen-bond donors (Lipinski definition) is 2. The van der Waals surface area contributed by atoms with Gasteiger partial charge in [0.1, 0.15) is 12.2 Å². The topological polar surface area (TPSA) is 72.9 Å². The number of nitrogens with one attached hydrogen (secondary N) is 1. The first-order valence-electron chi connectivity index (χ1n) is 4.36. The van der Waals surface area contributed by atoms with Crippen LogP contribution >= 0.6 is 0 Å². The maximum atomic E-state index is 11.9. The Kier molecular flexibility index (Phi) is 3.11. The van der Waals surface area contributed by atoms with Crippen LogP contribution in [0, 0.1) is 6.92 Å². The number of anilines is 1. The molecule has 1 amide bonds. The van der Waals surface area contributed by atoms with Crippen molar-refractivity contribution in [3.63, 3.8) is 0 Å². The van der Waals surface area contributed by atoms with Crippen LogP contribution < -0.4 is 11.1 Å². The third-order valence-corrected chi connectivity index (χ3v) is 1.93. The van der Waals surface area contributed by atoms with Gasteiger partial charge in [-0.15, -0.1) is 0 Å². The minimum absolute atomic E-state index is 0.0678. The first-order chi connectivity index (χ1) is 7.22. The first kappa shape index (κ1) is 12.3. The second-order valence-electron chi connectivity index (χ2n) is 3.27. The van der Waals surface area contributed by atoms with Crippen LogP contribution in [0.2, 0.25) is 0 Å². The zero-order valence-corrected chi connectivity index (χ0v) is 8.72. The van der Waals surface area contributed by atoms with Crippen molar-refractivity contribution in [2.45, 2.75) is 13.1 Å². The van der Waals surface area contributed by atoms with Crippen molar-refractivity contribution in [3.8, 4) is 0 Å². The van der Waals surface area contributed by atoms with E-state index in [9.17, 15) is 18.0 Å². The van der Waals surface area contributed by atoms with Crippen molar-refractivity contribution in [1.82, 2.24) is 15.1 Å². The summed E-state index contributed by atoms with van der Waals surface area (Å²) in [5.74, 6) is -0.891. The van der Waals surface area contributed by atoms with Gasteiger partial charge in [-0.2, -0.15) is 18.3 Å². The third-order valence-electron chi connectivity index (χ3n) is 1.93. The Bertz CT molecular complexity index is 410. The van der Waals surface area contributed by atoms with E-state index in [1.165, 1.54) is 7.05 Å². The molecule has 0 spiro atoms. The molecule has 1 aromatic heterocycles. The van der Waals surface area contributed by atoms with Crippen molar-refractivity contribution in [2.24, 2.45) is 7.05 Å². The van der Waals surface area contributed by atoms with Gasteiger partial charge in [-0.25, -0.2) is 0 Å². The predicted molar refractivity (Wildman–Crippen MR) is 50.7 cm³/mol. The van der Waals surface area contributed by atoms with Crippen LogP contribution in [0.4, 0.5) is 18.9 Å². The lowest BCUT2D eigenvalue weighted by molar-refractivity contribution is -0.123. The number of nitrogens with zero attached hydrogens (tertiary/aromatic N) is 2. The van der Waals surface area contributed by atoms with E-state index in [1.807, 2.05) is 0 Å². The number of aryl methyl sites for hydroxylation is 2. The summed E-state index contributed by atoms with van der Waals surface area (Å²) in [6.07, 6.45) is -4.45. The van der Waals surface area contributed by atoms with Crippen LogP contribution in [0.25, 0.3) is 0 Å². The van der Waals surface area contributed by atoms with Crippen LogP contribution in [0.1, 0.15) is 16.2 Å². The summed E-state index contributed by atoms with van der Waals surface area (Å²) >= 11 is 0. The summed E-state index contributed by atoms with van der Waals surface area (Å²) in [6.45, 7) is 0.172. The fraction of sp³-hybridized carbons (Fsp3) is 0.500. The van der Waals surface area contributed by atoms with E-state index in [4.69, 9.17) is 5.73 Å². The molecule has 0 saturated carbocycles. The number of hydrogen-bond acceptors (Lipinski definition) is 3. The van der Waals surface area contributed by atoms with Gasteiger partial charge >= 0.3 is 6.18 Å². The number of aromatic nitrogens is 2. The Morgan fingerprint density at radius 2 is 2.12 bits per heavy atom. The Morgan fingerprint density at radius 1 is 1.56 bits per heavy atom. The molecule has 0 aliphatic heterocycles. The number of nitrogen functional groups attached to an aromatic ring is 1. The Hall–Kier alpha value is -1.73. The summed E-state index contributed by atoms with van der Waals surface area (Å²) in [6, 6.07) is 0. The number of carbonyl (C=O) groups is 1. The fourth-order valence-electron chi connectivity index (χ4n) is 1.21. The molecule has 0 unspecified atom stereocenters. The highest BCUT2D eigenvalue weighted by atomic mass is 19.4. The average Bonchev–Trinajstić information content (AvgIpc) is 2.36. The Labute approximate surface area is 89.4 Å². The fourth-order valence-corrected chi connectivity index (χ4v) is 1.21. The standard InChI is InChI=1S/C8H11F3N4O/c1-4-5(12)6(15(2)14-4)7(16)13-3-8(9,10)11/h3,12H2,1-2H3,(H,13,16). The Morgan fingerprint density at radius 3 is 2.50 bits per heavy atom. The number of nitrogens with two attached hydrogens (primary N) is 1. The molecule has 16 heavy (non-hydrogen) atoms. The van der Waals surface area contributed by atoms with Crippen molar-refractivity contribution >= 4 is 11.6 Å². The summed E-state index contributed by atoms with van der Waals surface area (Å²) < 4.78 is 36.8. The molecule has 5 nitrogen and oxygen atoms in total. The molecule has 3 N–H and O–H groups in total. The lowest BCUT2D eigenvalue weighted by Crippen LogP contribution is -2.35. The van der Waals surface area contributed by atoms with Crippen LogP contribution in [0.15, 0.2) is 0 Å². The molecule has 1 aromatic rings. The second-order valence-corrected chi connectivity index (χ2v) is 3.27. The SMILES string of the molecule is Cc1nn(C)c(C(=O)NCC(F)(F)F)c1N. The van der Waals surface area contributed by atoms with E-state index in [0.29, 0.717) is 5.69 Å². The number of alkyl halides is 3. The maximum absolute atomic E-state index is 11.9.